The number of amides is 1. The second-order valence-corrected chi connectivity index (χ2v) is 6.60. The summed E-state index contributed by atoms with van der Waals surface area (Å²) in [7, 11) is 2.93. The van der Waals surface area contributed by atoms with Gasteiger partial charge in [-0.2, -0.15) is 5.10 Å². The van der Waals surface area contributed by atoms with Gasteiger partial charge in [0.2, 0.25) is 5.60 Å². The molecule has 9 nitrogen and oxygen atoms in total. The summed E-state index contributed by atoms with van der Waals surface area (Å²) in [5.74, 6) is -0.805. The summed E-state index contributed by atoms with van der Waals surface area (Å²) in [6.45, 7) is 0.447. The van der Waals surface area contributed by atoms with Crippen LogP contribution >= 0.6 is 0 Å². The first-order valence-corrected chi connectivity index (χ1v) is 8.62. The number of methoxy groups -OCH3 is 1. The van der Waals surface area contributed by atoms with Gasteiger partial charge in [-0.05, 0) is 18.2 Å². The summed E-state index contributed by atoms with van der Waals surface area (Å²) >= 11 is 0. The Hall–Kier alpha value is -3.46. The number of rotatable bonds is 4. The minimum absolute atomic E-state index is 0.120. The maximum absolute atomic E-state index is 12.2. The SMILES string of the molecule is COC(=O)c1ccn(-c2cccc(-c3cc([C@]4(O)CCN(C)C4=O)on3)c2)n1. The lowest BCUT2D eigenvalue weighted by molar-refractivity contribution is -0.144. The van der Waals surface area contributed by atoms with Crippen LogP contribution in [-0.2, 0) is 15.1 Å². The van der Waals surface area contributed by atoms with E-state index in [4.69, 9.17) is 4.52 Å². The van der Waals surface area contributed by atoms with Crippen molar-refractivity contribution in [2.75, 3.05) is 20.7 Å². The molecule has 1 aliphatic heterocycles. The van der Waals surface area contributed by atoms with Gasteiger partial charge in [-0.1, -0.05) is 17.3 Å². The number of hydrogen-bond acceptors (Lipinski definition) is 7. The van der Waals surface area contributed by atoms with Crippen LogP contribution in [0.1, 0.15) is 22.7 Å². The van der Waals surface area contributed by atoms with Gasteiger partial charge in [0.15, 0.2) is 11.5 Å². The standard InChI is InChI=1S/C19H18N4O5/c1-22-9-7-19(26,18(22)25)16-11-15(21-28-16)12-4-3-5-13(10-12)23-8-6-14(20-23)17(24)27-2/h3-6,8,10-11,26H,7,9H2,1-2H3/t19-/m1/s1. The molecule has 144 valence electrons. The largest absolute Gasteiger partial charge is 0.464 e. The minimum atomic E-state index is -1.69. The molecule has 1 saturated heterocycles. The molecule has 9 heteroatoms. The zero-order valence-corrected chi connectivity index (χ0v) is 15.3. The van der Waals surface area contributed by atoms with Crippen molar-refractivity contribution in [2.45, 2.75) is 12.0 Å². The monoisotopic (exact) mass is 382 g/mol. The molecule has 1 aliphatic rings. The molecule has 1 atom stereocenters. The first-order chi connectivity index (χ1) is 13.4. The number of likely N-dealkylation sites (tertiary alicyclic amines) is 1. The average molecular weight is 382 g/mol. The highest BCUT2D eigenvalue weighted by Gasteiger charge is 2.48. The molecule has 0 spiro atoms. The van der Waals surface area contributed by atoms with Gasteiger partial charge in [-0.25, -0.2) is 9.48 Å². The molecule has 0 radical (unpaired) electrons. The number of likely N-dealkylation sites (N-methyl/N-ethyl adjacent to an activating group) is 1. The molecule has 1 fully saturated rings. The lowest BCUT2D eigenvalue weighted by Gasteiger charge is -2.16. The Labute approximate surface area is 160 Å². The zero-order valence-electron chi connectivity index (χ0n) is 15.3. The second-order valence-electron chi connectivity index (χ2n) is 6.60. The molecule has 1 amide bonds. The van der Waals surface area contributed by atoms with Crippen LogP contribution in [0.15, 0.2) is 47.1 Å². The van der Waals surface area contributed by atoms with Crippen LogP contribution in [0.3, 0.4) is 0 Å². The van der Waals surface area contributed by atoms with Crippen molar-refractivity contribution in [3.8, 4) is 16.9 Å². The lowest BCUT2D eigenvalue weighted by atomic mass is 9.98. The molecule has 1 aromatic carbocycles. The van der Waals surface area contributed by atoms with Crippen molar-refractivity contribution in [1.82, 2.24) is 19.8 Å². The quantitative estimate of drug-likeness (QED) is 0.678. The van der Waals surface area contributed by atoms with Crippen molar-refractivity contribution >= 4 is 11.9 Å². The highest BCUT2D eigenvalue weighted by atomic mass is 16.5. The van der Waals surface area contributed by atoms with E-state index in [1.54, 1.807) is 30.1 Å². The second kappa shape index (κ2) is 6.61. The van der Waals surface area contributed by atoms with E-state index in [1.165, 1.54) is 12.0 Å². The predicted octanol–water partition coefficient (Wildman–Crippen LogP) is 1.36. The van der Waals surface area contributed by atoms with E-state index < -0.39 is 17.5 Å². The van der Waals surface area contributed by atoms with Gasteiger partial charge < -0.3 is 19.3 Å². The number of benzene rings is 1. The first kappa shape index (κ1) is 17.9. The Bertz CT molecular complexity index is 1060. The number of aromatic nitrogens is 3. The first-order valence-electron chi connectivity index (χ1n) is 8.62. The number of carbonyl (C=O) groups is 2. The van der Waals surface area contributed by atoms with Gasteiger partial charge in [0.05, 0.1) is 12.8 Å². The Kier molecular flexibility index (Phi) is 4.23. The topological polar surface area (TPSA) is 111 Å². The minimum Gasteiger partial charge on any atom is -0.464 e. The summed E-state index contributed by atoms with van der Waals surface area (Å²) in [5, 5.41) is 18.9. The number of ether oxygens (including phenoxy) is 1. The van der Waals surface area contributed by atoms with Gasteiger partial charge in [0, 0.05) is 37.8 Å². The lowest BCUT2D eigenvalue weighted by Crippen LogP contribution is -2.35. The Balaban J connectivity index is 1.64. The summed E-state index contributed by atoms with van der Waals surface area (Å²) in [5.41, 5.74) is 0.406. The maximum Gasteiger partial charge on any atom is 0.358 e. The van der Waals surface area contributed by atoms with E-state index in [0.29, 0.717) is 23.5 Å². The van der Waals surface area contributed by atoms with Crippen LogP contribution in [0.5, 0.6) is 0 Å². The van der Waals surface area contributed by atoms with Gasteiger partial charge >= 0.3 is 5.97 Å². The summed E-state index contributed by atoms with van der Waals surface area (Å²) < 4.78 is 11.5. The van der Waals surface area contributed by atoms with E-state index in [9.17, 15) is 14.7 Å². The fraction of sp³-hybridized carbons (Fsp3) is 0.263. The fourth-order valence-corrected chi connectivity index (χ4v) is 3.18. The van der Waals surface area contributed by atoms with Crippen LogP contribution in [-0.4, -0.2) is 57.5 Å². The molecule has 1 N–H and O–H groups in total. The molecule has 0 bridgehead atoms. The zero-order chi connectivity index (χ0) is 19.9. The molecule has 3 heterocycles. The third kappa shape index (κ3) is 2.85. The molecule has 2 aromatic heterocycles. The average Bonchev–Trinajstić information content (AvgIpc) is 3.45. The van der Waals surface area contributed by atoms with E-state index in [-0.39, 0.29) is 17.9 Å². The normalized spacial score (nSPS) is 19.2. The Morgan fingerprint density at radius 1 is 1.32 bits per heavy atom. The van der Waals surface area contributed by atoms with Crippen molar-refractivity contribution in [3.05, 3.63) is 54.0 Å². The smallest absolute Gasteiger partial charge is 0.358 e. The number of esters is 1. The van der Waals surface area contributed by atoms with Crippen molar-refractivity contribution in [1.29, 1.82) is 0 Å². The molecule has 0 aliphatic carbocycles. The number of aliphatic hydroxyl groups is 1. The molecule has 28 heavy (non-hydrogen) atoms. The third-order valence-electron chi connectivity index (χ3n) is 4.82. The van der Waals surface area contributed by atoms with Crippen LogP contribution in [0.2, 0.25) is 0 Å². The highest BCUT2D eigenvalue weighted by Crippen LogP contribution is 2.34. The Morgan fingerprint density at radius 3 is 2.86 bits per heavy atom. The fourth-order valence-electron chi connectivity index (χ4n) is 3.18. The van der Waals surface area contributed by atoms with E-state index >= 15 is 0 Å². The van der Waals surface area contributed by atoms with Crippen LogP contribution < -0.4 is 0 Å². The number of carbonyl (C=O) groups excluding carboxylic acids is 2. The molecule has 3 aromatic rings. The van der Waals surface area contributed by atoms with E-state index in [2.05, 4.69) is 15.0 Å². The predicted molar refractivity (Wildman–Crippen MR) is 96.6 cm³/mol. The molecular weight excluding hydrogens is 364 g/mol. The van der Waals surface area contributed by atoms with Gasteiger partial charge in [-0.3, -0.25) is 4.79 Å². The number of nitrogens with zero attached hydrogens (tertiary/aromatic N) is 4. The highest BCUT2D eigenvalue weighted by molar-refractivity contribution is 5.88. The van der Waals surface area contributed by atoms with Gasteiger partial charge in [-0.15, -0.1) is 0 Å². The van der Waals surface area contributed by atoms with Gasteiger partial charge in [0.1, 0.15) is 5.69 Å². The summed E-state index contributed by atoms with van der Waals surface area (Å²) in [6, 6.07) is 10.4. The van der Waals surface area contributed by atoms with Gasteiger partial charge in [0.25, 0.3) is 5.91 Å². The maximum atomic E-state index is 12.2. The van der Waals surface area contributed by atoms with Crippen LogP contribution in [0.25, 0.3) is 16.9 Å². The third-order valence-corrected chi connectivity index (χ3v) is 4.82. The molecule has 4 rings (SSSR count). The molecule has 0 unspecified atom stereocenters. The Morgan fingerprint density at radius 2 is 2.14 bits per heavy atom. The van der Waals surface area contributed by atoms with Crippen molar-refractivity contribution in [3.63, 3.8) is 0 Å². The summed E-state index contributed by atoms with van der Waals surface area (Å²) in [4.78, 5) is 25.3. The van der Waals surface area contributed by atoms with E-state index in [0.717, 1.165) is 0 Å². The van der Waals surface area contributed by atoms with Crippen molar-refractivity contribution < 1.29 is 24.0 Å². The number of hydrogen-bond donors (Lipinski definition) is 1. The van der Waals surface area contributed by atoms with E-state index in [1.807, 2.05) is 24.3 Å². The van der Waals surface area contributed by atoms with Crippen molar-refractivity contribution in [2.24, 2.45) is 0 Å². The van der Waals surface area contributed by atoms with Crippen LogP contribution in [0, 0.1) is 0 Å². The summed E-state index contributed by atoms with van der Waals surface area (Å²) in [6.07, 6.45) is 1.90. The van der Waals surface area contributed by atoms with Crippen LogP contribution in [0.4, 0.5) is 0 Å². The molecule has 0 saturated carbocycles. The molecular formula is C19H18N4O5.